The molecule has 0 saturated carbocycles. The lowest BCUT2D eigenvalue weighted by Gasteiger charge is -2.19. The smallest absolute Gasteiger partial charge is 0.355 e. The highest BCUT2D eigenvalue weighted by molar-refractivity contribution is 5.99. The van der Waals surface area contributed by atoms with Gasteiger partial charge >= 0.3 is 11.9 Å². The fourth-order valence-corrected chi connectivity index (χ4v) is 2.33. The Morgan fingerprint density at radius 3 is 2.23 bits per heavy atom. The van der Waals surface area contributed by atoms with Crippen LogP contribution in [0.5, 0.6) is 0 Å². The SMILES string of the molecule is CCOC(=O)c1c(CNC(=O)C(N)N)[nH]c(C(=O)OC(C)(C)C)c1CC. The van der Waals surface area contributed by atoms with Gasteiger partial charge in [0, 0.05) is 5.69 Å². The molecule has 6 N–H and O–H groups in total. The lowest BCUT2D eigenvalue weighted by molar-refractivity contribution is -0.122. The first-order valence-corrected chi connectivity index (χ1v) is 8.44. The molecule has 1 aromatic rings. The lowest BCUT2D eigenvalue weighted by Crippen LogP contribution is -2.46. The van der Waals surface area contributed by atoms with E-state index >= 15 is 0 Å². The maximum absolute atomic E-state index is 12.5. The van der Waals surface area contributed by atoms with Crippen LogP contribution in [0.15, 0.2) is 0 Å². The lowest BCUT2D eigenvalue weighted by atomic mass is 10.1. The fraction of sp³-hybridized carbons (Fsp3) is 0.588. The topological polar surface area (TPSA) is 150 Å². The number of amides is 1. The summed E-state index contributed by atoms with van der Waals surface area (Å²) in [5, 5.41) is 2.51. The van der Waals surface area contributed by atoms with Crippen LogP contribution in [0.4, 0.5) is 0 Å². The second kappa shape index (κ2) is 8.81. The number of esters is 2. The molecule has 0 spiro atoms. The Kier molecular flexibility index (Phi) is 7.34. The van der Waals surface area contributed by atoms with Crippen molar-refractivity contribution in [3.8, 4) is 0 Å². The van der Waals surface area contributed by atoms with Gasteiger partial charge in [0.1, 0.15) is 17.5 Å². The number of nitrogens with one attached hydrogen (secondary N) is 2. The Morgan fingerprint density at radius 2 is 1.77 bits per heavy atom. The van der Waals surface area contributed by atoms with Crippen molar-refractivity contribution in [3.63, 3.8) is 0 Å². The van der Waals surface area contributed by atoms with E-state index in [4.69, 9.17) is 20.9 Å². The summed E-state index contributed by atoms with van der Waals surface area (Å²) >= 11 is 0. The maximum atomic E-state index is 12.5. The van der Waals surface area contributed by atoms with Gasteiger partial charge in [0.25, 0.3) is 5.91 Å². The van der Waals surface area contributed by atoms with Gasteiger partial charge in [-0.2, -0.15) is 0 Å². The van der Waals surface area contributed by atoms with E-state index in [9.17, 15) is 14.4 Å². The molecule has 26 heavy (non-hydrogen) atoms. The first-order chi connectivity index (χ1) is 12.0. The zero-order valence-electron chi connectivity index (χ0n) is 15.9. The quantitative estimate of drug-likeness (QED) is 0.406. The third-order valence-corrected chi connectivity index (χ3v) is 3.36. The number of aromatic nitrogens is 1. The zero-order valence-corrected chi connectivity index (χ0v) is 15.9. The van der Waals surface area contributed by atoms with Crippen LogP contribution >= 0.6 is 0 Å². The van der Waals surface area contributed by atoms with Crippen molar-refractivity contribution in [2.45, 2.75) is 59.4 Å². The van der Waals surface area contributed by atoms with E-state index < -0.39 is 29.6 Å². The van der Waals surface area contributed by atoms with Crippen molar-refractivity contribution in [3.05, 3.63) is 22.5 Å². The largest absolute Gasteiger partial charge is 0.462 e. The summed E-state index contributed by atoms with van der Waals surface area (Å²) in [6.07, 6.45) is -0.796. The summed E-state index contributed by atoms with van der Waals surface area (Å²) in [7, 11) is 0. The molecule has 0 radical (unpaired) electrons. The number of hydrogen-bond donors (Lipinski definition) is 4. The third kappa shape index (κ3) is 5.57. The van der Waals surface area contributed by atoms with E-state index in [1.54, 1.807) is 34.6 Å². The third-order valence-electron chi connectivity index (χ3n) is 3.36. The highest BCUT2D eigenvalue weighted by Crippen LogP contribution is 2.24. The van der Waals surface area contributed by atoms with E-state index in [1.165, 1.54) is 0 Å². The van der Waals surface area contributed by atoms with Crippen molar-refractivity contribution in [1.29, 1.82) is 0 Å². The molecule has 1 rings (SSSR count). The van der Waals surface area contributed by atoms with Gasteiger partial charge in [0.15, 0.2) is 0 Å². The van der Waals surface area contributed by atoms with E-state index in [0.29, 0.717) is 17.7 Å². The number of ether oxygens (including phenoxy) is 2. The molecular weight excluding hydrogens is 340 g/mol. The Morgan fingerprint density at radius 1 is 1.15 bits per heavy atom. The second-order valence-electron chi connectivity index (χ2n) is 6.65. The minimum Gasteiger partial charge on any atom is -0.462 e. The van der Waals surface area contributed by atoms with Crippen LogP contribution in [-0.2, 0) is 27.2 Å². The number of aromatic amines is 1. The van der Waals surface area contributed by atoms with Gasteiger partial charge in [-0.1, -0.05) is 6.92 Å². The molecule has 0 unspecified atom stereocenters. The van der Waals surface area contributed by atoms with Gasteiger partial charge in [-0.25, -0.2) is 9.59 Å². The molecular formula is C17H28N4O5. The summed E-state index contributed by atoms with van der Waals surface area (Å²) in [6, 6.07) is 0. The number of carbonyl (C=O) groups is 3. The molecule has 0 aromatic carbocycles. The molecule has 1 heterocycles. The van der Waals surface area contributed by atoms with Gasteiger partial charge in [0.2, 0.25) is 0 Å². The van der Waals surface area contributed by atoms with Crippen molar-refractivity contribution in [1.82, 2.24) is 10.3 Å². The summed E-state index contributed by atoms with van der Waals surface area (Å²) in [5.41, 5.74) is 11.1. The summed E-state index contributed by atoms with van der Waals surface area (Å²) in [4.78, 5) is 39.4. The first-order valence-electron chi connectivity index (χ1n) is 8.44. The second-order valence-corrected chi connectivity index (χ2v) is 6.65. The first kappa shape index (κ1) is 21.7. The molecule has 1 aromatic heterocycles. The van der Waals surface area contributed by atoms with Gasteiger partial charge in [-0.3, -0.25) is 4.79 Å². The van der Waals surface area contributed by atoms with Crippen LogP contribution in [-0.4, -0.2) is 41.2 Å². The average molecular weight is 368 g/mol. The average Bonchev–Trinajstić information content (AvgIpc) is 2.89. The van der Waals surface area contributed by atoms with Crippen molar-refractivity contribution >= 4 is 17.8 Å². The monoisotopic (exact) mass is 368 g/mol. The van der Waals surface area contributed by atoms with Crippen molar-refractivity contribution in [2.24, 2.45) is 11.5 Å². The molecule has 0 fully saturated rings. The summed E-state index contributed by atoms with van der Waals surface area (Å²) in [6.45, 7) is 8.83. The Hall–Kier alpha value is -2.39. The molecule has 0 saturated heterocycles. The number of hydrogen-bond acceptors (Lipinski definition) is 7. The summed E-state index contributed by atoms with van der Waals surface area (Å²) in [5.74, 6) is -1.77. The van der Waals surface area contributed by atoms with Crippen LogP contribution in [0.3, 0.4) is 0 Å². The minimum atomic E-state index is -1.19. The molecule has 0 aliphatic rings. The predicted octanol–water partition coefficient (Wildman–Crippen LogP) is 0.569. The number of H-pyrrole nitrogens is 1. The normalized spacial score (nSPS) is 11.4. The molecule has 0 aliphatic heterocycles. The molecule has 0 bridgehead atoms. The number of carbonyl (C=O) groups excluding carboxylic acids is 3. The van der Waals surface area contributed by atoms with Gasteiger partial charge in [0.05, 0.1) is 18.7 Å². The molecule has 1 amide bonds. The van der Waals surface area contributed by atoms with Crippen LogP contribution in [0.2, 0.25) is 0 Å². The van der Waals surface area contributed by atoms with Gasteiger partial charge in [-0.05, 0) is 39.7 Å². The molecule has 0 atom stereocenters. The fourth-order valence-electron chi connectivity index (χ4n) is 2.33. The number of nitrogens with two attached hydrogens (primary N) is 2. The van der Waals surface area contributed by atoms with E-state index in [2.05, 4.69) is 10.3 Å². The molecule has 146 valence electrons. The van der Waals surface area contributed by atoms with Crippen molar-refractivity contribution in [2.75, 3.05) is 6.61 Å². The van der Waals surface area contributed by atoms with Crippen LogP contribution in [0.25, 0.3) is 0 Å². The van der Waals surface area contributed by atoms with E-state index in [0.717, 1.165) is 0 Å². The zero-order chi connectivity index (χ0) is 20.1. The molecule has 0 aliphatic carbocycles. The molecule has 9 heteroatoms. The highest BCUT2D eigenvalue weighted by Gasteiger charge is 2.29. The van der Waals surface area contributed by atoms with E-state index in [-0.39, 0.29) is 24.4 Å². The molecule has 9 nitrogen and oxygen atoms in total. The highest BCUT2D eigenvalue weighted by atomic mass is 16.6. The Labute approximate surface area is 152 Å². The number of rotatable bonds is 7. The standard InChI is InChI=1S/C17H28N4O5/c1-6-9-11(15(23)25-7-2)10(8-20-14(22)13(18)19)21-12(9)16(24)26-17(3,4)5/h13,21H,6-8,18-19H2,1-5H3,(H,20,22). The maximum Gasteiger partial charge on any atom is 0.355 e. The van der Waals surface area contributed by atoms with Crippen LogP contribution in [0, 0.1) is 0 Å². The van der Waals surface area contributed by atoms with Crippen molar-refractivity contribution < 1.29 is 23.9 Å². The van der Waals surface area contributed by atoms with Gasteiger partial charge in [-0.15, -0.1) is 0 Å². The van der Waals surface area contributed by atoms with Crippen LogP contribution < -0.4 is 16.8 Å². The Balaban J connectivity index is 3.31. The predicted molar refractivity (Wildman–Crippen MR) is 95.3 cm³/mol. The Bertz CT molecular complexity index is 673. The minimum absolute atomic E-state index is 0.0618. The van der Waals surface area contributed by atoms with Gasteiger partial charge < -0.3 is 31.2 Å². The van der Waals surface area contributed by atoms with E-state index in [1.807, 2.05) is 0 Å². The van der Waals surface area contributed by atoms with Crippen LogP contribution in [0.1, 0.15) is 66.7 Å². The summed E-state index contributed by atoms with van der Waals surface area (Å²) < 4.78 is 10.5.